The van der Waals surface area contributed by atoms with Gasteiger partial charge in [-0.1, -0.05) is 6.08 Å². The van der Waals surface area contributed by atoms with Crippen molar-refractivity contribution in [2.45, 2.75) is 70.2 Å². The molecule has 0 amide bonds. The summed E-state index contributed by atoms with van der Waals surface area (Å²) in [4.78, 5) is 7.31. The molecule has 0 saturated heterocycles. The molecule has 0 aromatic heterocycles. The summed E-state index contributed by atoms with van der Waals surface area (Å²) in [5.41, 5.74) is 4.11. The van der Waals surface area contributed by atoms with E-state index >= 15 is 0 Å². The minimum atomic E-state index is -4.12. The van der Waals surface area contributed by atoms with Crippen LogP contribution < -0.4 is 20.0 Å². The van der Waals surface area contributed by atoms with Crippen LogP contribution in [0.5, 0.6) is 5.75 Å². The van der Waals surface area contributed by atoms with Crippen LogP contribution in [0.4, 0.5) is 0 Å². The molecule has 3 unspecified atom stereocenters. The predicted octanol–water partition coefficient (Wildman–Crippen LogP) is 2.20. The average Bonchev–Trinajstić information content (AvgIpc) is 2.71. The van der Waals surface area contributed by atoms with E-state index < -0.39 is 10.1 Å². The van der Waals surface area contributed by atoms with Crippen LogP contribution >= 0.6 is 0 Å². The summed E-state index contributed by atoms with van der Waals surface area (Å²) in [6.07, 6.45) is 7.06. The predicted molar refractivity (Wildman–Crippen MR) is 132 cm³/mol. The zero-order valence-electron chi connectivity index (χ0n) is 21.0. The molecule has 1 aliphatic carbocycles. The van der Waals surface area contributed by atoms with Crippen molar-refractivity contribution in [1.82, 2.24) is 9.48 Å². The molecule has 1 aromatic rings. The van der Waals surface area contributed by atoms with Gasteiger partial charge in [0, 0.05) is 30.6 Å². The maximum absolute atomic E-state index is 11.8. The maximum atomic E-state index is 11.8. The minimum absolute atomic E-state index is 0.0841. The topological polar surface area (TPSA) is 82.2 Å². The maximum Gasteiger partial charge on any atom is 0.265 e. The molecule has 3 atom stereocenters. The molecule has 1 N–H and O–H groups in total. The first-order valence-electron chi connectivity index (χ1n) is 11.8. The van der Waals surface area contributed by atoms with E-state index in [-0.39, 0.29) is 34.9 Å². The fourth-order valence-corrected chi connectivity index (χ4v) is 6.63. The van der Waals surface area contributed by atoms with Gasteiger partial charge in [0.1, 0.15) is 24.6 Å². The van der Waals surface area contributed by atoms with Crippen molar-refractivity contribution >= 4 is 10.1 Å². The normalized spacial score (nSPS) is 28.7. The van der Waals surface area contributed by atoms with Gasteiger partial charge in [0.2, 0.25) is 5.36 Å². The second-order valence-corrected chi connectivity index (χ2v) is 12.8. The van der Waals surface area contributed by atoms with Crippen LogP contribution in [0.3, 0.4) is 0 Å². The second-order valence-electron chi connectivity index (χ2n) is 11.3. The number of ether oxygens (including phenoxy) is 1. The lowest BCUT2D eigenvalue weighted by molar-refractivity contribution is 0.197. The van der Waals surface area contributed by atoms with E-state index in [9.17, 15) is 13.0 Å². The van der Waals surface area contributed by atoms with Crippen molar-refractivity contribution in [2.24, 2.45) is 4.99 Å². The summed E-state index contributed by atoms with van der Waals surface area (Å²) in [5, 5.41) is 1.65. The highest BCUT2D eigenvalue weighted by Gasteiger charge is 2.41. The number of rotatable bonds is 2. The quantitative estimate of drug-likeness (QED) is 0.514. The van der Waals surface area contributed by atoms with Crippen molar-refractivity contribution in [3.05, 3.63) is 63.5 Å². The standard InChI is InChI=1S/C26H33N3O4S/c1-15-12-25(2,3)28(6)21-10-23-19(8-17(15)21)27-20-9-18-16(14-34(30,31)32)13-26(4,5)29(7)22(18)11-24(20)33-23/h8-12,16,19,23H,13-14H2,1-7H3/p+1. The molecule has 0 spiro atoms. The Hall–Kier alpha value is -2.45. The first kappa shape index (κ1) is 23.3. The number of benzene rings is 1. The van der Waals surface area contributed by atoms with Crippen LogP contribution in [0, 0.1) is 0 Å². The summed E-state index contributed by atoms with van der Waals surface area (Å²) < 4.78 is 41.8. The molecule has 0 fully saturated rings. The molecule has 4 aliphatic rings. The average molecular weight is 485 g/mol. The van der Waals surface area contributed by atoms with Crippen molar-refractivity contribution < 1.29 is 17.7 Å². The van der Waals surface area contributed by atoms with Gasteiger partial charge in [-0.05, 0) is 64.0 Å². The third kappa shape index (κ3) is 3.71. The van der Waals surface area contributed by atoms with E-state index in [1.807, 2.05) is 19.2 Å². The van der Waals surface area contributed by atoms with E-state index in [1.165, 1.54) is 11.1 Å². The number of nitrogens with zero attached hydrogens (tertiary/aromatic N) is 3. The van der Waals surface area contributed by atoms with E-state index in [1.54, 1.807) is 0 Å². The van der Waals surface area contributed by atoms with Gasteiger partial charge < -0.3 is 9.64 Å². The van der Waals surface area contributed by atoms with Gasteiger partial charge in [-0.3, -0.25) is 9.55 Å². The van der Waals surface area contributed by atoms with E-state index in [0.717, 1.165) is 22.0 Å². The highest BCUT2D eigenvalue weighted by atomic mass is 32.2. The molecule has 0 saturated carbocycles. The molecule has 182 valence electrons. The summed E-state index contributed by atoms with van der Waals surface area (Å²) in [7, 11) is 0.0108. The molecule has 8 heteroatoms. The van der Waals surface area contributed by atoms with Crippen LogP contribution in [-0.2, 0) is 10.1 Å². The Labute approximate surface area is 201 Å². The number of hydrogen-bond donors (Lipinski definition) is 1. The van der Waals surface area contributed by atoms with Gasteiger partial charge in [0.05, 0.1) is 17.4 Å². The molecule has 34 heavy (non-hydrogen) atoms. The third-order valence-corrected chi connectivity index (χ3v) is 8.84. The van der Waals surface area contributed by atoms with E-state index in [2.05, 4.69) is 69.4 Å². The molecule has 0 radical (unpaired) electrons. The molecule has 5 rings (SSSR count). The summed E-state index contributed by atoms with van der Waals surface area (Å²) >= 11 is 0. The molecule has 0 bridgehead atoms. The molecular formula is C26H34N3O4S+. The minimum Gasteiger partial charge on any atom is -0.481 e. The van der Waals surface area contributed by atoms with Crippen LogP contribution in [-0.4, -0.2) is 60.9 Å². The van der Waals surface area contributed by atoms with Crippen molar-refractivity contribution in [3.8, 4) is 5.75 Å². The van der Waals surface area contributed by atoms with Crippen LogP contribution in [0.2, 0.25) is 0 Å². The molecular weight excluding hydrogens is 450 g/mol. The van der Waals surface area contributed by atoms with Crippen molar-refractivity contribution in [2.75, 3.05) is 19.8 Å². The fourth-order valence-electron chi connectivity index (χ4n) is 5.82. The van der Waals surface area contributed by atoms with Crippen LogP contribution in [0.25, 0.3) is 0 Å². The highest BCUT2D eigenvalue weighted by Crippen LogP contribution is 2.39. The van der Waals surface area contributed by atoms with Gasteiger partial charge in [-0.2, -0.15) is 8.42 Å². The zero-order valence-corrected chi connectivity index (χ0v) is 21.8. The SMILES string of the molecule is CC1=CC(C)(C)N(C)C2=CC3Oc4cc5c(cc4=NC3C=C12)C(CS(=O)(=O)O)CC(C)(C)[N+]=5C. The Balaban J connectivity index is 1.66. The molecule has 3 heterocycles. The molecule has 7 nitrogen and oxygen atoms in total. The zero-order chi connectivity index (χ0) is 24.8. The summed E-state index contributed by atoms with van der Waals surface area (Å²) in [6, 6.07) is 3.79. The lowest BCUT2D eigenvalue weighted by Crippen LogP contribution is -2.52. The molecule has 1 aromatic carbocycles. The van der Waals surface area contributed by atoms with Gasteiger partial charge in [-0.25, -0.2) is 4.58 Å². The number of hydrogen-bond acceptors (Lipinski definition) is 5. The Morgan fingerprint density at radius 2 is 1.94 bits per heavy atom. The Bertz CT molecular complexity index is 1420. The van der Waals surface area contributed by atoms with Crippen molar-refractivity contribution in [1.29, 1.82) is 0 Å². The molecule has 3 aliphatic heterocycles. The summed E-state index contributed by atoms with van der Waals surface area (Å²) in [5.74, 6) is 0.0875. The first-order chi connectivity index (χ1) is 15.7. The van der Waals surface area contributed by atoms with Crippen molar-refractivity contribution in [3.63, 3.8) is 0 Å². The number of likely N-dealkylation sites (N-methyl/N-ethyl adjacent to an activating group) is 1. The van der Waals surface area contributed by atoms with Crippen LogP contribution in [0.1, 0.15) is 52.5 Å². The van der Waals surface area contributed by atoms with Gasteiger partial charge in [0.15, 0.2) is 11.3 Å². The Morgan fingerprint density at radius 3 is 2.62 bits per heavy atom. The van der Waals surface area contributed by atoms with Crippen LogP contribution in [0.15, 0.2) is 52.2 Å². The van der Waals surface area contributed by atoms with Gasteiger partial charge in [0.25, 0.3) is 10.1 Å². The largest absolute Gasteiger partial charge is 0.481 e. The van der Waals surface area contributed by atoms with E-state index in [0.29, 0.717) is 12.2 Å². The van der Waals surface area contributed by atoms with Gasteiger partial charge >= 0.3 is 0 Å². The van der Waals surface area contributed by atoms with Gasteiger partial charge in [-0.15, -0.1) is 0 Å². The third-order valence-electron chi connectivity index (χ3n) is 8.02. The second kappa shape index (κ2) is 7.28. The number of allylic oxidation sites excluding steroid dienone is 1. The van der Waals surface area contributed by atoms with E-state index in [4.69, 9.17) is 9.73 Å². The smallest absolute Gasteiger partial charge is 0.265 e. The lowest BCUT2D eigenvalue weighted by atomic mass is 9.82. The summed E-state index contributed by atoms with van der Waals surface area (Å²) in [6.45, 7) is 10.7. The highest BCUT2D eigenvalue weighted by molar-refractivity contribution is 7.85. The Kier molecular flexibility index (Phi) is 4.99. The monoisotopic (exact) mass is 484 g/mol. The Morgan fingerprint density at radius 1 is 1.24 bits per heavy atom. The number of fused-ring (bicyclic) bond motifs is 4. The first-order valence-corrected chi connectivity index (χ1v) is 13.4. The fraction of sp³-hybridized carbons (Fsp3) is 0.538. The lowest BCUT2D eigenvalue weighted by Gasteiger charge is -2.45.